The van der Waals surface area contributed by atoms with E-state index in [0.29, 0.717) is 11.3 Å². The van der Waals surface area contributed by atoms with Crippen LogP contribution in [-0.2, 0) is 0 Å². The zero-order valence-corrected chi connectivity index (χ0v) is 10.6. The monoisotopic (exact) mass is 253 g/mol. The smallest absolute Gasteiger partial charge is 0.0712 e. The van der Waals surface area contributed by atoms with E-state index >= 15 is 0 Å². The molecule has 0 spiro atoms. The van der Waals surface area contributed by atoms with Gasteiger partial charge in [-0.15, -0.1) is 0 Å². The van der Waals surface area contributed by atoms with Gasteiger partial charge in [0.15, 0.2) is 0 Å². The van der Waals surface area contributed by atoms with Crippen molar-refractivity contribution in [1.29, 1.82) is 0 Å². The van der Waals surface area contributed by atoms with Crippen molar-refractivity contribution in [3.63, 3.8) is 0 Å². The second kappa shape index (κ2) is 4.51. The standard InChI is InChI=1S/C18H17N/c1-12-4-5-15-6-7-17(19-18(15)11-12)16-9-13(2)8-14(3)10-16/h4-11H,1-3H3/i2D3,3D3. The van der Waals surface area contributed by atoms with Crippen LogP contribution in [0.2, 0.25) is 0 Å². The van der Waals surface area contributed by atoms with Crippen molar-refractivity contribution in [1.82, 2.24) is 4.98 Å². The van der Waals surface area contributed by atoms with Crippen LogP contribution in [0.1, 0.15) is 24.9 Å². The minimum atomic E-state index is -2.39. The molecule has 0 fully saturated rings. The first-order valence-corrected chi connectivity index (χ1v) is 6.08. The molecular formula is C18H17N. The molecule has 0 amide bonds. The topological polar surface area (TPSA) is 12.9 Å². The lowest BCUT2D eigenvalue weighted by atomic mass is 10.0. The lowest BCUT2D eigenvalue weighted by molar-refractivity contribution is 1.34. The third-order valence-electron chi connectivity index (χ3n) is 3.08. The Bertz CT molecular complexity index is 908. The minimum absolute atomic E-state index is 0.00210. The molecule has 19 heavy (non-hydrogen) atoms. The Morgan fingerprint density at radius 2 is 1.58 bits per heavy atom. The molecule has 1 heteroatoms. The second-order valence-electron chi connectivity index (χ2n) is 4.69. The number of nitrogens with zero attached hydrogens (tertiary/aromatic N) is 1. The summed E-state index contributed by atoms with van der Waals surface area (Å²) in [6.45, 7) is -2.80. The van der Waals surface area contributed by atoms with Gasteiger partial charge in [-0.05, 0) is 50.5 Å². The van der Waals surface area contributed by atoms with Crippen LogP contribution in [0.4, 0.5) is 0 Å². The van der Waals surface area contributed by atoms with Gasteiger partial charge in [-0.3, -0.25) is 0 Å². The minimum Gasteiger partial charge on any atom is -0.248 e. The van der Waals surface area contributed by atoms with Gasteiger partial charge in [0.1, 0.15) is 0 Å². The van der Waals surface area contributed by atoms with Crippen molar-refractivity contribution < 1.29 is 8.22 Å². The normalized spacial score (nSPS) is 16.9. The average molecular weight is 253 g/mol. The van der Waals surface area contributed by atoms with Gasteiger partial charge in [0, 0.05) is 19.2 Å². The maximum Gasteiger partial charge on any atom is 0.0712 e. The highest BCUT2D eigenvalue weighted by atomic mass is 14.7. The summed E-state index contributed by atoms with van der Waals surface area (Å²) in [5.74, 6) is 0. The van der Waals surface area contributed by atoms with E-state index in [0.717, 1.165) is 16.5 Å². The second-order valence-corrected chi connectivity index (χ2v) is 4.69. The largest absolute Gasteiger partial charge is 0.248 e. The summed E-state index contributed by atoms with van der Waals surface area (Å²) in [5, 5.41) is 0.970. The van der Waals surface area contributed by atoms with Gasteiger partial charge in [0.25, 0.3) is 0 Å². The summed E-state index contributed by atoms with van der Waals surface area (Å²) in [6, 6.07) is 13.8. The fourth-order valence-electron chi connectivity index (χ4n) is 2.16. The SMILES string of the molecule is [2H]C([2H])([2H])c1cc(-c2ccc3ccc(C)cc3n2)cc(C([2H])([2H])[2H])c1. The molecule has 0 unspecified atom stereocenters. The number of pyridine rings is 1. The van der Waals surface area contributed by atoms with E-state index in [9.17, 15) is 0 Å². The van der Waals surface area contributed by atoms with Crippen LogP contribution < -0.4 is 0 Å². The summed E-state index contributed by atoms with van der Waals surface area (Å²) in [5.41, 5.74) is 2.89. The molecule has 0 atom stereocenters. The predicted octanol–water partition coefficient (Wildman–Crippen LogP) is 4.83. The highest BCUT2D eigenvalue weighted by Gasteiger charge is 2.03. The molecule has 0 radical (unpaired) electrons. The summed E-state index contributed by atoms with van der Waals surface area (Å²) >= 11 is 0. The predicted molar refractivity (Wildman–Crippen MR) is 81.4 cm³/mol. The van der Waals surface area contributed by atoms with Crippen LogP contribution in [-0.4, -0.2) is 4.98 Å². The number of rotatable bonds is 1. The maximum absolute atomic E-state index is 7.62. The van der Waals surface area contributed by atoms with Crippen LogP contribution in [0.3, 0.4) is 0 Å². The van der Waals surface area contributed by atoms with Gasteiger partial charge in [0.2, 0.25) is 0 Å². The quantitative estimate of drug-likeness (QED) is 0.605. The van der Waals surface area contributed by atoms with Crippen LogP contribution in [0.25, 0.3) is 22.2 Å². The number of hydrogen-bond acceptors (Lipinski definition) is 1. The number of hydrogen-bond donors (Lipinski definition) is 0. The molecule has 2 aromatic carbocycles. The molecule has 0 bridgehead atoms. The summed E-state index contributed by atoms with van der Waals surface area (Å²) < 4.78 is 45.7. The molecule has 94 valence electrons. The van der Waals surface area contributed by atoms with Gasteiger partial charge in [0.05, 0.1) is 11.2 Å². The number of aromatic nitrogens is 1. The fourth-order valence-corrected chi connectivity index (χ4v) is 2.16. The first-order chi connectivity index (χ1) is 11.5. The van der Waals surface area contributed by atoms with E-state index in [2.05, 4.69) is 4.98 Å². The molecule has 1 nitrogen and oxygen atoms in total. The summed E-state index contributed by atoms with van der Waals surface area (Å²) in [7, 11) is 0. The van der Waals surface area contributed by atoms with E-state index in [4.69, 9.17) is 8.22 Å². The van der Waals surface area contributed by atoms with Gasteiger partial charge in [-0.2, -0.15) is 0 Å². The van der Waals surface area contributed by atoms with Crippen molar-refractivity contribution in [3.05, 3.63) is 65.2 Å². The number of benzene rings is 2. The Labute approximate surface area is 122 Å². The van der Waals surface area contributed by atoms with Crippen molar-refractivity contribution in [3.8, 4) is 11.3 Å². The summed E-state index contributed by atoms with van der Waals surface area (Å²) in [4.78, 5) is 4.59. The van der Waals surface area contributed by atoms with Crippen molar-refractivity contribution in [2.24, 2.45) is 0 Å². The van der Waals surface area contributed by atoms with E-state index in [1.165, 1.54) is 18.2 Å². The molecule has 0 saturated carbocycles. The molecule has 0 aliphatic carbocycles. The molecule has 1 aromatic heterocycles. The lowest BCUT2D eigenvalue weighted by Gasteiger charge is -2.06. The third-order valence-corrected chi connectivity index (χ3v) is 3.08. The maximum atomic E-state index is 7.62. The molecule has 0 aliphatic rings. The first-order valence-electron chi connectivity index (χ1n) is 9.08. The fraction of sp³-hybridized carbons (Fsp3) is 0.167. The Hall–Kier alpha value is -2.15. The van der Waals surface area contributed by atoms with Gasteiger partial charge in [-0.1, -0.05) is 35.4 Å². The first kappa shape index (κ1) is 6.85. The zero-order valence-electron chi connectivity index (χ0n) is 16.6. The average Bonchev–Trinajstić information content (AvgIpc) is 2.52. The van der Waals surface area contributed by atoms with Gasteiger partial charge < -0.3 is 0 Å². The van der Waals surface area contributed by atoms with Crippen molar-refractivity contribution >= 4 is 10.9 Å². The molecule has 3 rings (SSSR count). The van der Waals surface area contributed by atoms with E-state index < -0.39 is 13.7 Å². The Kier molecular flexibility index (Phi) is 1.63. The molecular weight excluding hydrogens is 230 g/mol. The molecule has 0 N–H and O–H groups in total. The van der Waals surface area contributed by atoms with Crippen LogP contribution in [0, 0.1) is 20.6 Å². The highest BCUT2D eigenvalue weighted by Crippen LogP contribution is 2.23. The van der Waals surface area contributed by atoms with Crippen LogP contribution >= 0.6 is 0 Å². The van der Waals surface area contributed by atoms with Crippen LogP contribution in [0.15, 0.2) is 48.5 Å². The molecule has 1 heterocycles. The van der Waals surface area contributed by atoms with Gasteiger partial charge in [-0.25, -0.2) is 4.98 Å². The number of fused-ring (bicyclic) bond motifs is 1. The molecule has 3 aromatic rings. The summed E-state index contributed by atoms with van der Waals surface area (Å²) in [6.07, 6.45) is 0. The highest BCUT2D eigenvalue weighted by molar-refractivity contribution is 5.82. The number of aryl methyl sites for hydroxylation is 3. The lowest BCUT2D eigenvalue weighted by Crippen LogP contribution is -1.88. The van der Waals surface area contributed by atoms with Crippen LogP contribution in [0.5, 0.6) is 0 Å². The van der Waals surface area contributed by atoms with Crippen molar-refractivity contribution in [2.45, 2.75) is 20.6 Å². The Morgan fingerprint density at radius 3 is 2.32 bits per heavy atom. The zero-order chi connectivity index (χ0) is 18.4. The van der Waals surface area contributed by atoms with E-state index in [1.54, 1.807) is 6.07 Å². The van der Waals surface area contributed by atoms with E-state index in [1.807, 2.05) is 31.2 Å². The van der Waals surface area contributed by atoms with E-state index in [-0.39, 0.29) is 11.1 Å². The Balaban J connectivity index is 2.22. The Morgan fingerprint density at radius 1 is 0.842 bits per heavy atom. The molecule has 0 saturated heterocycles. The van der Waals surface area contributed by atoms with Crippen molar-refractivity contribution in [2.75, 3.05) is 0 Å². The van der Waals surface area contributed by atoms with Gasteiger partial charge >= 0.3 is 0 Å². The third kappa shape index (κ3) is 2.37. The molecule has 0 aliphatic heterocycles.